The van der Waals surface area contributed by atoms with Crippen molar-refractivity contribution in [2.45, 2.75) is 11.8 Å². The number of sulfonamides is 1. The Morgan fingerprint density at radius 2 is 2.04 bits per heavy atom. The number of rotatable bonds is 8. The van der Waals surface area contributed by atoms with E-state index < -0.39 is 10.0 Å². The van der Waals surface area contributed by atoms with Gasteiger partial charge in [0.15, 0.2) is 0 Å². The number of nitriles is 1. The lowest BCUT2D eigenvalue weighted by molar-refractivity contribution is 0.585. The van der Waals surface area contributed by atoms with Crippen molar-refractivity contribution in [1.29, 1.82) is 5.26 Å². The fraction of sp³-hybridized carbons (Fsp3) is 0.188. The zero-order valence-electron chi connectivity index (χ0n) is 13.7. The Hall–Kier alpha value is -2.96. The SMILES string of the molecule is C=CCNS(=O)(=O)c1ccc(Nc2ncc(C#N)c(NCC)n2)cc1. The van der Waals surface area contributed by atoms with Gasteiger partial charge in [0.1, 0.15) is 17.5 Å². The van der Waals surface area contributed by atoms with Crippen LogP contribution in [0.1, 0.15) is 12.5 Å². The third kappa shape index (κ3) is 4.76. The first-order valence-corrected chi connectivity index (χ1v) is 8.97. The summed E-state index contributed by atoms with van der Waals surface area (Å²) in [5, 5.41) is 15.0. The van der Waals surface area contributed by atoms with Crippen LogP contribution in [0.15, 0.2) is 48.0 Å². The summed E-state index contributed by atoms with van der Waals surface area (Å²) < 4.78 is 26.4. The van der Waals surface area contributed by atoms with E-state index in [2.05, 4.69) is 31.9 Å². The van der Waals surface area contributed by atoms with Gasteiger partial charge < -0.3 is 10.6 Å². The summed E-state index contributed by atoms with van der Waals surface area (Å²) in [6.45, 7) is 6.16. The number of hydrogen-bond acceptors (Lipinski definition) is 7. The molecule has 8 nitrogen and oxygen atoms in total. The van der Waals surface area contributed by atoms with Gasteiger partial charge in [0.25, 0.3) is 0 Å². The van der Waals surface area contributed by atoms with E-state index in [1.807, 2.05) is 13.0 Å². The lowest BCUT2D eigenvalue weighted by Gasteiger charge is -2.09. The molecule has 0 aliphatic heterocycles. The lowest BCUT2D eigenvalue weighted by Crippen LogP contribution is -2.23. The predicted molar refractivity (Wildman–Crippen MR) is 96.0 cm³/mol. The van der Waals surface area contributed by atoms with Crippen LogP contribution in [-0.2, 0) is 10.0 Å². The van der Waals surface area contributed by atoms with Crippen molar-refractivity contribution in [1.82, 2.24) is 14.7 Å². The molecule has 2 aromatic rings. The Bertz CT molecular complexity index is 888. The molecule has 0 spiro atoms. The fourth-order valence-corrected chi connectivity index (χ4v) is 2.92. The van der Waals surface area contributed by atoms with Crippen LogP contribution in [0.5, 0.6) is 0 Å². The molecule has 0 unspecified atom stereocenters. The molecule has 0 saturated carbocycles. The number of anilines is 3. The van der Waals surface area contributed by atoms with E-state index in [1.54, 1.807) is 12.1 Å². The summed E-state index contributed by atoms with van der Waals surface area (Å²) >= 11 is 0. The number of nitrogens with one attached hydrogen (secondary N) is 3. The molecule has 1 aromatic heterocycles. The minimum Gasteiger partial charge on any atom is -0.369 e. The van der Waals surface area contributed by atoms with Crippen LogP contribution >= 0.6 is 0 Å². The summed E-state index contributed by atoms with van der Waals surface area (Å²) in [5.41, 5.74) is 0.969. The molecule has 0 bridgehead atoms. The van der Waals surface area contributed by atoms with Crippen LogP contribution < -0.4 is 15.4 Å². The van der Waals surface area contributed by atoms with Crippen LogP contribution in [0.25, 0.3) is 0 Å². The van der Waals surface area contributed by atoms with Crippen molar-refractivity contribution < 1.29 is 8.42 Å². The van der Waals surface area contributed by atoms with E-state index in [1.165, 1.54) is 24.4 Å². The van der Waals surface area contributed by atoms with Crippen molar-refractivity contribution in [2.24, 2.45) is 0 Å². The maximum Gasteiger partial charge on any atom is 0.240 e. The monoisotopic (exact) mass is 358 g/mol. The van der Waals surface area contributed by atoms with Crippen molar-refractivity contribution in [3.8, 4) is 6.07 Å². The Kier molecular flexibility index (Phi) is 6.05. The molecular formula is C16H18N6O2S. The van der Waals surface area contributed by atoms with Gasteiger partial charge >= 0.3 is 0 Å². The molecule has 2 rings (SSSR count). The van der Waals surface area contributed by atoms with Gasteiger partial charge in [-0.3, -0.25) is 0 Å². The third-order valence-electron chi connectivity index (χ3n) is 3.09. The highest BCUT2D eigenvalue weighted by Crippen LogP contribution is 2.19. The van der Waals surface area contributed by atoms with Gasteiger partial charge in [-0.05, 0) is 31.2 Å². The highest BCUT2D eigenvalue weighted by Gasteiger charge is 2.12. The van der Waals surface area contributed by atoms with Gasteiger partial charge in [-0.1, -0.05) is 6.08 Å². The van der Waals surface area contributed by atoms with Gasteiger partial charge in [0, 0.05) is 18.8 Å². The molecule has 0 fully saturated rings. The number of nitrogens with zero attached hydrogens (tertiary/aromatic N) is 3. The second kappa shape index (κ2) is 8.23. The second-order valence-corrected chi connectivity index (χ2v) is 6.65. The van der Waals surface area contributed by atoms with Crippen LogP contribution in [0.2, 0.25) is 0 Å². The van der Waals surface area contributed by atoms with Gasteiger partial charge in [0.2, 0.25) is 16.0 Å². The number of benzene rings is 1. The maximum atomic E-state index is 12.0. The largest absolute Gasteiger partial charge is 0.369 e. The van der Waals surface area contributed by atoms with E-state index in [0.717, 1.165) is 0 Å². The molecule has 0 saturated heterocycles. The molecule has 1 heterocycles. The molecule has 0 radical (unpaired) electrons. The van der Waals surface area contributed by atoms with E-state index >= 15 is 0 Å². The van der Waals surface area contributed by atoms with Gasteiger partial charge in [-0.15, -0.1) is 6.58 Å². The molecule has 0 amide bonds. The van der Waals surface area contributed by atoms with Crippen molar-refractivity contribution in [3.05, 3.63) is 48.7 Å². The summed E-state index contributed by atoms with van der Waals surface area (Å²) in [4.78, 5) is 8.46. The average Bonchev–Trinajstić information content (AvgIpc) is 2.61. The normalized spacial score (nSPS) is 10.7. The topological polar surface area (TPSA) is 120 Å². The van der Waals surface area contributed by atoms with E-state index in [0.29, 0.717) is 29.6 Å². The minimum atomic E-state index is -3.56. The molecule has 25 heavy (non-hydrogen) atoms. The number of hydrogen-bond donors (Lipinski definition) is 3. The van der Waals surface area contributed by atoms with Gasteiger partial charge in [-0.2, -0.15) is 10.2 Å². The average molecular weight is 358 g/mol. The molecule has 0 aliphatic rings. The smallest absolute Gasteiger partial charge is 0.240 e. The fourth-order valence-electron chi connectivity index (χ4n) is 1.92. The molecular weight excluding hydrogens is 340 g/mol. The molecule has 3 N–H and O–H groups in total. The van der Waals surface area contributed by atoms with Crippen LogP contribution in [0, 0.1) is 11.3 Å². The summed E-state index contributed by atoms with van der Waals surface area (Å²) in [5.74, 6) is 0.741. The molecule has 0 aliphatic carbocycles. The molecule has 9 heteroatoms. The summed E-state index contributed by atoms with van der Waals surface area (Å²) in [7, 11) is -3.56. The Balaban J connectivity index is 2.18. The minimum absolute atomic E-state index is 0.147. The third-order valence-corrected chi connectivity index (χ3v) is 4.53. The van der Waals surface area contributed by atoms with E-state index in [-0.39, 0.29) is 11.4 Å². The van der Waals surface area contributed by atoms with Gasteiger partial charge in [0.05, 0.1) is 11.1 Å². The van der Waals surface area contributed by atoms with Crippen molar-refractivity contribution in [3.63, 3.8) is 0 Å². The number of aromatic nitrogens is 2. The summed E-state index contributed by atoms with van der Waals surface area (Å²) in [6.07, 6.45) is 2.89. The van der Waals surface area contributed by atoms with E-state index in [9.17, 15) is 8.42 Å². The van der Waals surface area contributed by atoms with Crippen LogP contribution in [0.4, 0.5) is 17.5 Å². The first-order valence-electron chi connectivity index (χ1n) is 7.48. The molecule has 130 valence electrons. The molecule has 0 atom stereocenters. The highest BCUT2D eigenvalue weighted by atomic mass is 32.2. The first kappa shape index (κ1) is 18.4. The van der Waals surface area contributed by atoms with E-state index in [4.69, 9.17) is 5.26 Å². The zero-order chi connectivity index (χ0) is 18.3. The Morgan fingerprint density at radius 1 is 1.32 bits per heavy atom. The van der Waals surface area contributed by atoms with Crippen LogP contribution in [0.3, 0.4) is 0 Å². The zero-order valence-corrected chi connectivity index (χ0v) is 14.5. The van der Waals surface area contributed by atoms with Crippen molar-refractivity contribution in [2.75, 3.05) is 23.7 Å². The van der Waals surface area contributed by atoms with Gasteiger partial charge in [-0.25, -0.2) is 18.1 Å². The Morgan fingerprint density at radius 3 is 2.64 bits per heavy atom. The Labute approximate surface area is 146 Å². The van der Waals surface area contributed by atoms with Crippen LogP contribution in [-0.4, -0.2) is 31.5 Å². The standard InChI is InChI=1S/C16H18N6O2S/c1-3-9-20-25(23,24)14-7-5-13(6-8-14)21-16-19-11-12(10-17)15(22-16)18-4-2/h3,5-8,11,20H,1,4,9H2,2H3,(H2,18,19,21,22). The summed E-state index contributed by atoms with van der Waals surface area (Å²) in [6, 6.07) is 8.18. The maximum absolute atomic E-state index is 12.0. The highest BCUT2D eigenvalue weighted by molar-refractivity contribution is 7.89. The second-order valence-electron chi connectivity index (χ2n) is 4.89. The lowest BCUT2D eigenvalue weighted by atomic mass is 10.3. The molecule has 1 aromatic carbocycles. The first-order chi connectivity index (χ1) is 12.0. The predicted octanol–water partition coefficient (Wildman–Crippen LogP) is 1.99. The quantitative estimate of drug-likeness (QED) is 0.617. The van der Waals surface area contributed by atoms with Crippen molar-refractivity contribution >= 4 is 27.5 Å².